The number of nitrogens with zero attached hydrogens (tertiary/aromatic N) is 4. The van der Waals surface area contributed by atoms with Crippen molar-refractivity contribution in [2.24, 2.45) is 0 Å². The number of anilines is 3. The van der Waals surface area contributed by atoms with Gasteiger partial charge in [-0.05, 0) is 128 Å². The smallest absolute Gasteiger partial charge is 0.0965 e. The van der Waals surface area contributed by atoms with Gasteiger partial charge >= 0.3 is 0 Å². The van der Waals surface area contributed by atoms with Crippen LogP contribution >= 0.6 is 0 Å². The number of aromatic nitrogens is 3. The minimum absolute atomic E-state index is 0.872. The van der Waals surface area contributed by atoms with Gasteiger partial charge in [0.15, 0.2) is 0 Å². The zero-order valence-electron chi connectivity index (χ0n) is 32.1. The quantitative estimate of drug-likeness (QED) is 0.152. The van der Waals surface area contributed by atoms with E-state index >= 15 is 0 Å². The van der Waals surface area contributed by atoms with E-state index in [1.807, 2.05) is 36.7 Å². The Morgan fingerprint density at radius 3 is 1.63 bits per heavy atom. The summed E-state index contributed by atoms with van der Waals surface area (Å²) in [6, 6.07) is 73.5. The molecule has 0 radical (unpaired) electrons. The van der Waals surface area contributed by atoms with Crippen LogP contribution in [-0.4, -0.2) is 15.0 Å². The Morgan fingerprint density at radius 1 is 0.322 bits per heavy atom. The first-order valence-electron chi connectivity index (χ1n) is 19.9. The van der Waals surface area contributed by atoms with Crippen molar-refractivity contribution in [3.63, 3.8) is 0 Å². The van der Waals surface area contributed by atoms with E-state index in [-0.39, 0.29) is 0 Å². The molecule has 0 fully saturated rings. The summed E-state index contributed by atoms with van der Waals surface area (Å²) in [6.45, 7) is 0. The van der Waals surface area contributed by atoms with Crippen molar-refractivity contribution in [1.82, 2.24) is 15.0 Å². The first kappa shape index (κ1) is 34.3. The van der Waals surface area contributed by atoms with E-state index in [0.29, 0.717) is 0 Å². The van der Waals surface area contributed by atoms with Crippen LogP contribution in [0.1, 0.15) is 0 Å². The Kier molecular flexibility index (Phi) is 8.45. The summed E-state index contributed by atoms with van der Waals surface area (Å²) in [5.74, 6) is 0. The summed E-state index contributed by atoms with van der Waals surface area (Å²) in [6.07, 6.45) is 3.68. The number of benzene rings is 8. The van der Waals surface area contributed by atoms with Gasteiger partial charge in [-0.3, -0.25) is 9.97 Å². The topological polar surface area (TPSA) is 41.9 Å². The third kappa shape index (κ3) is 6.43. The number of hydrogen-bond donors (Lipinski definition) is 0. The van der Waals surface area contributed by atoms with Gasteiger partial charge in [-0.25, -0.2) is 4.98 Å². The second-order valence-electron chi connectivity index (χ2n) is 14.9. The van der Waals surface area contributed by atoms with Crippen molar-refractivity contribution in [3.05, 3.63) is 219 Å². The Balaban J connectivity index is 1.00. The lowest BCUT2D eigenvalue weighted by Crippen LogP contribution is -2.10. The molecule has 0 unspecified atom stereocenters. The predicted octanol–water partition coefficient (Wildman–Crippen LogP) is 14.6. The van der Waals surface area contributed by atoms with Gasteiger partial charge in [-0.2, -0.15) is 0 Å². The lowest BCUT2D eigenvalue weighted by Gasteiger charge is -2.26. The molecule has 3 aromatic heterocycles. The maximum Gasteiger partial charge on any atom is 0.0965 e. The molecule has 4 heteroatoms. The number of hydrogen-bond acceptors (Lipinski definition) is 4. The molecule has 0 aliphatic carbocycles. The van der Waals surface area contributed by atoms with Crippen LogP contribution in [0.2, 0.25) is 0 Å². The van der Waals surface area contributed by atoms with E-state index in [2.05, 4.69) is 192 Å². The third-order valence-electron chi connectivity index (χ3n) is 11.3. The Hall–Kier alpha value is -7.95. The third-order valence-corrected chi connectivity index (χ3v) is 11.3. The molecule has 0 amide bonds. The van der Waals surface area contributed by atoms with E-state index in [0.717, 1.165) is 72.5 Å². The highest BCUT2D eigenvalue weighted by Crippen LogP contribution is 2.40. The lowest BCUT2D eigenvalue weighted by molar-refractivity contribution is 1.28. The molecule has 0 atom stereocenters. The summed E-state index contributed by atoms with van der Waals surface area (Å²) in [5, 5.41) is 6.02. The summed E-state index contributed by atoms with van der Waals surface area (Å²) in [4.78, 5) is 16.7. The average Bonchev–Trinajstić information content (AvgIpc) is 3.32. The van der Waals surface area contributed by atoms with Gasteiger partial charge in [0, 0.05) is 46.0 Å². The van der Waals surface area contributed by atoms with Crippen LogP contribution in [-0.2, 0) is 0 Å². The summed E-state index contributed by atoms with van der Waals surface area (Å²) < 4.78 is 0. The molecule has 8 aromatic carbocycles. The van der Waals surface area contributed by atoms with Crippen molar-refractivity contribution < 1.29 is 0 Å². The minimum Gasteiger partial charge on any atom is -0.310 e. The average molecular weight is 753 g/mol. The van der Waals surface area contributed by atoms with Gasteiger partial charge in [0.1, 0.15) is 0 Å². The molecule has 0 aliphatic heterocycles. The standard InChI is InChI=1S/C55H36N4/c1-3-9-37(10-4-1)41-21-28-49-43(33-41)15-16-44-35-48(27-29-50(44)49)59(46-23-17-38(18-24-46)42-22-30-52-45(34-42)13-7-31-56-52)47-25-19-40(20-26-47)54-36-51(39-11-5-2-6-12-39)55-53(58-54)14-8-32-57-55/h1-36H. The fourth-order valence-electron chi connectivity index (χ4n) is 8.34. The van der Waals surface area contributed by atoms with Crippen molar-refractivity contribution in [3.8, 4) is 44.6 Å². The van der Waals surface area contributed by atoms with Crippen molar-refractivity contribution in [2.45, 2.75) is 0 Å². The first-order chi connectivity index (χ1) is 29.2. The maximum absolute atomic E-state index is 5.08. The zero-order chi connectivity index (χ0) is 39.1. The van der Waals surface area contributed by atoms with Crippen LogP contribution in [0.25, 0.3) is 88.1 Å². The van der Waals surface area contributed by atoms with Gasteiger partial charge in [-0.15, -0.1) is 0 Å². The molecule has 0 saturated heterocycles. The van der Waals surface area contributed by atoms with Gasteiger partial charge in [0.05, 0.1) is 22.2 Å². The van der Waals surface area contributed by atoms with Crippen molar-refractivity contribution in [2.75, 3.05) is 4.90 Å². The molecule has 276 valence electrons. The minimum atomic E-state index is 0.872. The van der Waals surface area contributed by atoms with Gasteiger partial charge in [-0.1, -0.05) is 127 Å². The fourth-order valence-corrected chi connectivity index (χ4v) is 8.34. The van der Waals surface area contributed by atoms with Crippen LogP contribution < -0.4 is 4.90 Å². The fraction of sp³-hybridized carbons (Fsp3) is 0. The molecule has 11 aromatic rings. The number of fused-ring (bicyclic) bond motifs is 5. The lowest BCUT2D eigenvalue weighted by atomic mass is 9.97. The van der Waals surface area contributed by atoms with Crippen LogP contribution in [0.15, 0.2) is 219 Å². The molecule has 11 rings (SSSR count). The van der Waals surface area contributed by atoms with Crippen molar-refractivity contribution >= 4 is 60.5 Å². The molecule has 0 bridgehead atoms. The Bertz CT molecular complexity index is 3310. The summed E-state index contributed by atoms with van der Waals surface area (Å²) in [7, 11) is 0. The SMILES string of the molecule is c1ccc(-c2ccc3c(ccc4cc(N(c5ccc(-c6ccc7ncccc7c6)cc5)c5ccc(-c6cc(-c7ccccc7)c7ncccc7n6)cc5)ccc43)c2)cc1. The second kappa shape index (κ2) is 14.5. The monoisotopic (exact) mass is 752 g/mol. The van der Waals surface area contributed by atoms with E-state index < -0.39 is 0 Å². The van der Waals surface area contributed by atoms with Gasteiger partial charge in [0.2, 0.25) is 0 Å². The maximum atomic E-state index is 5.08. The second-order valence-corrected chi connectivity index (χ2v) is 14.9. The van der Waals surface area contributed by atoms with Gasteiger partial charge in [0.25, 0.3) is 0 Å². The zero-order valence-corrected chi connectivity index (χ0v) is 32.1. The number of pyridine rings is 3. The molecular weight excluding hydrogens is 717 g/mol. The molecule has 0 aliphatic rings. The van der Waals surface area contributed by atoms with E-state index in [1.54, 1.807) is 0 Å². The highest BCUT2D eigenvalue weighted by atomic mass is 15.1. The molecule has 0 spiro atoms. The molecular formula is C55H36N4. The highest BCUT2D eigenvalue weighted by Gasteiger charge is 2.16. The first-order valence-corrected chi connectivity index (χ1v) is 19.9. The van der Waals surface area contributed by atoms with Crippen LogP contribution in [0.3, 0.4) is 0 Å². The van der Waals surface area contributed by atoms with E-state index in [1.165, 1.54) is 32.7 Å². The molecule has 0 saturated carbocycles. The van der Waals surface area contributed by atoms with Crippen LogP contribution in [0.5, 0.6) is 0 Å². The van der Waals surface area contributed by atoms with E-state index in [4.69, 9.17) is 9.97 Å². The molecule has 3 heterocycles. The van der Waals surface area contributed by atoms with Crippen LogP contribution in [0, 0.1) is 0 Å². The largest absolute Gasteiger partial charge is 0.310 e. The van der Waals surface area contributed by atoms with E-state index in [9.17, 15) is 0 Å². The van der Waals surface area contributed by atoms with Gasteiger partial charge < -0.3 is 4.90 Å². The Morgan fingerprint density at radius 2 is 0.881 bits per heavy atom. The predicted molar refractivity (Wildman–Crippen MR) is 246 cm³/mol. The molecule has 0 N–H and O–H groups in total. The van der Waals surface area contributed by atoms with Crippen molar-refractivity contribution in [1.29, 1.82) is 0 Å². The highest BCUT2D eigenvalue weighted by molar-refractivity contribution is 6.09. The summed E-state index contributed by atoms with van der Waals surface area (Å²) >= 11 is 0. The number of rotatable bonds is 7. The molecule has 59 heavy (non-hydrogen) atoms. The normalized spacial score (nSPS) is 11.4. The van der Waals surface area contributed by atoms with Crippen LogP contribution in [0.4, 0.5) is 17.1 Å². The Labute approximate surface area is 342 Å². The summed E-state index contributed by atoms with van der Waals surface area (Å²) in [5.41, 5.74) is 14.9. The molecule has 4 nitrogen and oxygen atoms in total.